The number of H-pyrrole nitrogens is 1. The highest BCUT2D eigenvalue weighted by atomic mass is 16.3. The van der Waals surface area contributed by atoms with Crippen molar-refractivity contribution in [2.75, 3.05) is 6.54 Å². The van der Waals surface area contributed by atoms with E-state index in [2.05, 4.69) is 52.8 Å². The van der Waals surface area contributed by atoms with Crippen LogP contribution in [0.3, 0.4) is 0 Å². The zero-order chi connectivity index (χ0) is 18.2. The van der Waals surface area contributed by atoms with Gasteiger partial charge in [-0.15, -0.1) is 0 Å². The van der Waals surface area contributed by atoms with Gasteiger partial charge in [0.15, 0.2) is 0 Å². The maximum atomic E-state index is 9.75. The molecule has 1 aromatic heterocycles. The Kier molecular flexibility index (Phi) is 4.25. The molecular weight excluding hydrogens is 332 g/mol. The summed E-state index contributed by atoms with van der Waals surface area (Å²) in [6.07, 6.45) is 8.20. The molecule has 0 bridgehead atoms. The summed E-state index contributed by atoms with van der Waals surface area (Å²) in [5.74, 6) is 1.06. The summed E-state index contributed by atoms with van der Waals surface area (Å²) in [6, 6.07) is 17.1. The summed E-state index contributed by atoms with van der Waals surface area (Å²) < 4.78 is 0. The van der Waals surface area contributed by atoms with Crippen molar-refractivity contribution in [1.82, 2.24) is 10.3 Å². The van der Waals surface area contributed by atoms with Gasteiger partial charge in [-0.25, -0.2) is 0 Å². The zero-order valence-electron chi connectivity index (χ0n) is 15.5. The fourth-order valence-electron chi connectivity index (χ4n) is 4.91. The molecule has 0 saturated heterocycles. The Morgan fingerprint density at radius 3 is 2.81 bits per heavy atom. The summed E-state index contributed by atoms with van der Waals surface area (Å²) >= 11 is 0. The van der Waals surface area contributed by atoms with Crippen LogP contribution in [0, 0.1) is 5.92 Å². The number of aromatic nitrogens is 1. The lowest BCUT2D eigenvalue weighted by Crippen LogP contribution is -2.35. The van der Waals surface area contributed by atoms with Crippen LogP contribution in [0.25, 0.3) is 16.5 Å². The number of nitrogens with one attached hydrogen (secondary N) is 2. The largest absolute Gasteiger partial charge is 0.508 e. The summed E-state index contributed by atoms with van der Waals surface area (Å²) in [7, 11) is 0. The maximum absolute atomic E-state index is 9.75. The molecule has 2 unspecified atom stereocenters. The van der Waals surface area contributed by atoms with Gasteiger partial charge in [-0.05, 0) is 66.9 Å². The summed E-state index contributed by atoms with van der Waals surface area (Å²) in [6.45, 7) is 0.971. The van der Waals surface area contributed by atoms with Crippen molar-refractivity contribution >= 4 is 16.5 Å². The van der Waals surface area contributed by atoms with E-state index in [4.69, 9.17) is 0 Å². The van der Waals surface area contributed by atoms with E-state index in [9.17, 15) is 5.11 Å². The van der Waals surface area contributed by atoms with Crippen LogP contribution in [0.5, 0.6) is 5.75 Å². The van der Waals surface area contributed by atoms with E-state index in [1.54, 1.807) is 6.07 Å². The second kappa shape index (κ2) is 6.90. The van der Waals surface area contributed by atoms with Crippen molar-refractivity contribution < 1.29 is 5.11 Å². The first-order valence-corrected chi connectivity index (χ1v) is 10.1. The van der Waals surface area contributed by atoms with Gasteiger partial charge >= 0.3 is 0 Å². The van der Waals surface area contributed by atoms with Gasteiger partial charge in [0.2, 0.25) is 0 Å². The Morgan fingerprint density at radius 2 is 1.93 bits per heavy atom. The van der Waals surface area contributed by atoms with E-state index in [0.29, 0.717) is 11.8 Å². The Labute approximate surface area is 160 Å². The topological polar surface area (TPSA) is 48.0 Å². The zero-order valence-corrected chi connectivity index (χ0v) is 15.5. The van der Waals surface area contributed by atoms with E-state index >= 15 is 0 Å². The average molecular weight is 358 g/mol. The van der Waals surface area contributed by atoms with Crippen LogP contribution < -0.4 is 5.32 Å². The highest BCUT2D eigenvalue weighted by Gasteiger charge is 2.26. The van der Waals surface area contributed by atoms with Gasteiger partial charge < -0.3 is 15.4 Å². The van der Waals surface area contributed by atoms with Crippen molar-refractivity contribution in [3.63, 3.8) is 0 Å². The molecule has 0 saturated carbocycles. The molecule has 3 aromatic rings. The Bertz CT molecular complexity index is 986. The number of hydrogen-bond acceptors (Lipinski definition) is 2. The van der Waals surface area contributed by atoms with E-state index in [0.717, 1.165) is 37.2 Å². The fourth-order valence-corrected chi connectivity index (χ4v) is 4.91. The molecule has 1 aliphatic heterocycles. The number of aryl methyl sites for hydroxylation is 1. The minimum absolute atomic E-state index is 0.337. The SMILES string of the molecule is Oc1ccc2c3c([nH]c2c1)CCC(CC1CC(c2ccccc2)=CCN1)C3. The lowest BCUT2D eigenvalue weighted by atomic mass is 9.80. The van der Waals surface area contributed by atoms with Crippen molar-refractivity contribution in [1.29, 1.82) is 0 Å². The summed E-state index contributed by atoms with van der Waals surface area (Å²) in [4.78, 5) is 3.52. The number of benzene rings is 2. The van der Waals surface area contributed by atoms with E-state index in [1.807, 2.05) is 6.07 Å². The minimum Gasteiger partial charge on any atom is -0.508 e. The molecule has 0 spiro atoms. The second-order valence-electron chi connectivity index (χ2n) is 8.06. The van der Waals surface area contributed by atoms with E-state index in [-0.39, 0.29) is 0 Å². The van der Waals surface area contributed by atoms with Gasteiger partial charge in [-0.1, -0.05) is 36.4 Å². The van der Waals surface area contributed by atoms with E-state index in [1.165, 1.54) is 40.6 Å². The first-order valence-electron chi connectivity index (χ1n) is 10.1. The van der Waals surface area contributed by atoms with Gasteiger partial charge in [0.25, 0.3) is 0 Å². The smallest absolute Gasteiger partial charge is 0.117 e. The van der Waals surface area contributed by atoms with E-state index < -0.39 is 0 Å². The lowest BCUT2D eigenvalue weighted by Gasteiger charge is -2.30. The molecule has 0 amide bonds. The third-order valence-corrected chi connectivity index (χ3v) is 6.26. The predicted molar refractivity (Wildman–Crippen MR) is 111 cm³/mol. The average Bonchev–Trinajstić information content (AvgIpc) is 3.06. The van der Waals surface area contributed by atoms with Crippen molar-refractivity contribution in [3.8, 4) is 5.75 Å². The molecule has 2 aromatic carbocycles. The van der Waals surface area contributed by atoms with Gasteiger partial charge in [0, 0.05) is 35.2 Å². The van der Waals surface area contributed by atoms with Crippen LogP contribution in [0.4, 0.5) is 0 Å². The molecule has 1 aliphatic carbocycles. The molecule has 3 nitrogen and oxygen atoms in total. The highest BCUT2D eigenvalue weighted by molar-refractivity contribution is 5.86. The molecule has 3 N–H and O–H groups in total. The molecule has 3 heteroatoms. The predicted octanol–water partition coefficient (Wildman–Crippen LogP) is 4.81. The third-order valence-electron chi connectivity index (χ3n) is 6.26. The quantitative estimate of drug-likeness (QED) is 0.629. The number of phenolic OH excluding ortho intramolecular Hbond substituents is 1. The highest BCUT2D eigenvalue weighted by Crippen LogP contribution is 2.36. The molecule has 138 valence electrons. The first-order chi connectivity index (χ1) is 13.3. The monoisotopic (exact) mass is 358 g/mol. The van der Waals surface area contributed by atoms with Gasteiger partial charge in [-0.3, -0.25) is 0 Å². The minimum atomic E-state index is 0.337. The number of aromatic hydroxyl groups is 1. The number of phenols is 1. The van der Waals surface area contributed by atoms with Crippen LogP contribution in [0.2, 0.25) is 0 Å². The second-order valence-corrected chi connectivity index (χ2v) is 8.06. The maximum Gasteiger partial charge on any atom is 0.117 e. The number of rotatable bonds is 3. The number of aromatic amines is 1. The molecule has 2 atom stereocenters. The molecule has 2 aliphatic rings. The molecule has 2 heterocycles. The Balaban J connectivity index is 1.30. The van der Waals surface area contributed by atoms with Gasteiger partial charge in [0.1, 0.15) is 5.75 Å². The Hall–Kier alpha value is -2.52. The van der Waals surface area contributed by atoms with Crippen LogP contribution in [0.1, 0.15) is 36.1 Å². The van der Waals surface area contributed by atoms with Crippen molar-refractivity contribution in [2.24, 2.45) is 5.92 Å². The molecule has 5 rings (SSSR count). The fraction of sp³-hybridized carbons (Fsp3) is 0.333. The molecule has 0 radical (unpaired) electrons. The van der Waals surface area contributed by atoms with Gasteiger partial charge in [0.05, 0.1) is 0 Å². The van der Waals surface area contributed by atoms with Crippen molar-refractivity contribution in [2.45, 2.75) is 38.1 Å². The van der Waals surface area contributed by atoms with Crippen molar-refractivity contribution in [3.05, 3.63) is 71.4 Å². The van der Waals surface area contributed by atoms with Crippen LogP contribution >= 0.6 is 0 Å². The molecule has 27 heavy (non-hydrogen) atoms. The van der Waals surface area contributed by atoms with Gasteiger partial charge in [-0.2, -0.15) is 0 Å². The number of fused-ring (bicyclic) bond motifs is 3. The molecular formula is C24H26N2O. The normalized spacial score (nSPS) is 22.4. The Morgan fingerprint density at radius 1 is 1.04 bits per heavy atom. The van der Waals surface area contributed by atoms with Crippen LogP contribution in [0.15, 0.2) is 54.6 Å². The standard InChI is InChI=1S/C24H26N2O/c27-20-7-8-21-22-13-16(6-9-23(22)26-24(21)15-20)12-19-14-18(10-11-25-19)17-4-2-1-3-5-17/h1-5,7-8,10,15-16,19,25-27H,6,9,11-14H2. The first kappa shape index (κ1) is 16.6. The third kappa shape index (κ3) is 3.28. The number of hydrogen-bond donors (Lipinski definition) is 3. The summed E-state index contributed by atoms with van der Waals surface area (Å²) in [5.41, 5.74) is 6.76. The summed E-state index contributed by atoms with van der Waals surface area (Å²) in [5, 5.41) is 14.7. The molecule has 0 fully saturated rings. The van der Waals surface area contributed by atoms with Crippen LogP contribution in [-0.4, -0.2) is 22.7 Å². The van der Waals surface area contributed by atoms with Crippen LogP contribution in [-0.2, 0) is 12.8 Å². The lowest BCUT2D eigenvalue weighted by molar-refractivity contribution is 0.356.